The molecule has 28 heavy (non-hydrogen) atoms. The molecule has 0 saturated heterocycles. The number of hydrogen-bond donors (Lipinski definition) is 0. The summed E-state index contributed by atoms with van der Waals surface area (Å²) in [4.78, 5) is 25.5. The van der Waals surface area contributed by atoms with Gasteiger partial charge in [0.2, 0.25) is 0 Å². The Hall–Kier alpha value is -3.61. The molecule has 0 fully saturated rings. The summed E-state index contributed by atoms with van der Waals surface area (Å²) in [6.07, 6.45) is 0. The molecule has 1 aliphatic heterocycles. The smallest absolute Gasteiger partial charge is 0.339 e. The van der Waals surface area contributed by atoms with Gasteiger partial charge in [0.25, 0.3) is 0 Å². The minimum atomic E-state index is -0.609. The number of ether oxygens (including phenoxy) is 3. The molecule has 0 spiro atoms. The summed E-state index contributed by atoms with van der Waals surface area (Å²) in [5.74, 6) is 0.821. The average molecular weight is 379 g/mol. The fourth-order valence-electron chi connectivity index (χ4n) is 2.90. The molecule has 3 aromatic rings. The molecule has 1 aliphatic rings. The molecule has 0 unspecified atom stereocenters. The maximum atomic E-state index is 13.0. The van der Waals surface area contributed by atoms with Gasteiger partial charge in [0.1, 0.15) is 31.3 Å². The topological polar surface area (TPSA) is 87.9 Å². The average Bonchev–Trinajstić information content (AvgIpc) is 3.16. The van der Waals surface area contributed by atoms with Crippen LogP contribution in [0.1, 0.15) is 37.7 Å². The molecular weight excluding hydrogens is 362 g/mol. The van der Waals surface area contributed by atoms with E-state index in [2.05, 4.69) is 5.16 Å². The third-order valence-electron chi connectivity index (χ3n) is 4.22. The Kier molecular flexibility index (Phi) is 4.80. The van der Waals surface area contributed by atoms with Gasteiger partial charge in [-0.05, 0) is 31.2 Å². The zero-order valence-corrected chi connectivity index (χ0v) is 15.1. The van der Waals surface area contributed by atoms with Crippen LogP contribution in [0.15, 0.2) is 53.1 Å². The van der Waals surface area contributed by atoms with Crippen LogP contribution in [0.2, 0.25) is 0 Å². The first kappa shape index (κ1) is 17.8. The quantitative estimate of drug-likeness (QED) is 0.496. The van der Waals surface area contributed by atoms with Crippen LogP contribution in [0.5, 0.6) is 11.5 Å². The highest BCUT2D eigenvalue weighted by atomic mass is 16.6. The van der Waals surface area contributed by atoms with E-state index in [4.69, 9.17) is 18.7 Å². The maximum Gasteiger partial charge on any atom is 0.339 e. The number of aryl methyl sites for hydroxylation is 1. The second-order valence-electron chi connectivity index (χ2n) is 6.24. The molecule has 142 valence electrons. The van der Waals surface area contributed by atoms with Gasteiger partial charge < -0.3 is 18.7 Å². The fraction of sp³-hybridized carbons (Fsp3) is 0.190. The van der Waals surface area contributed by atoms with Crippen molar-refractivity contribution in [3.8, 4) is 11.5 Å². The summed E-state index contributed by atoms with van der Waals surface area (Å²) in [5, 5.41) is 3.78. The second kappa shape index (κ2) is 7.56. The molecule has 1 aromatic heterocycles. The number of ketones is 1. The molecule has 4 rings (SSSR count). The van der Waals surface area contributed by atoms with Crippen molar-refractivity contribution in [1.82, 2.24) is 5.16 Å². The molecular formula is C21H17NO6. The van der Waals surface area contributed by atoms with E-state index >= 15 is 0 Å². The van der Waals surface area contributed by atoms with Gasteiger partial charge in [0.15, 0.2) is 17.3 Å². The predicted molar refractivity (Wildman–Crippen MR) is 97.7 cm³/mol. The van der Waals surface area contributed by atoms with E-state index in [1.807, 2.05) is 0 Å². The lowest BCUT2D eigenvalue weighted by Gasteiger charge is -2.18. The minimum Gasteiger partial charge on any atom is -0.486 e. The Morgan fingerprint density at radius 3 is 2.50 bits per heavy atom. The number of esters is 1. The lowest BCUT2D eigenvalue weighted by Crippen LogP contribution is -2.16. The third kappa shape index (κ3) is 3.59. The van der Waals surface area contributed by atoms with E-state index in [0.717, 1.165) is 0 Å². The number of nitrogens with zero attached hydrogens (tertiary/aromatic N) is 1. The molecule has 2 heterocycles. The van der Waals surface area contributed by atoms with Crippen molar-refractivity contribution in [2.75, 3.05) is 13.2 Å². The summed E-state index contributed by atoms with van der Waals surface area (Å²) in [7, 11) is 0. The van der Waals surface area contributed by atoms with E-state index < -0.39 is 5.97 Å². The predicted octanol–water partition coefficient (Wildman–Crippen LogP) is 3.34. The van der Waals surface area contributed by atoms with Crippen molar-refractivity contribution in [2.45, 2.75) is 13.5 Å². The zero-order valence-electron chi connectivity index (χ0n) is 15.1. The third-order valence-corrected chi connectivity index (χ3v) is 4.22. The van der Waals surface area contributed by atoms with E-state index in [-0.39, 0.29) is 23.5 Å². The van der Waals surface area contributed by atoms with Gasteiger partial charge in [-0.2, -0.15) is 0 Å². The fourth-order valence-corrected chi connectivity index (χ4v) is 2.90. The van der Waals surface area contributed by atoms with Crippen molar-refractivity contribution in [1.29, 1.82) is 0 Å². The van der Waals surface area contributed by atoms with E-state index in [1.54, 1.807) is 55.5 Å². The Morgan fingerprint density at radius 2 is 1.75 bits per heavy atom. The van der Waals surface area contributed by atoms with Crippen LogP contribution in [0.25, 0.3) is 0 Å². The molecule has 2 aromatic carbocycles. The molecule has 0 radical (unpaired) electrons. The number of fused-ring (bicyclic) bond motifs is 1. The normalized spacial score (nSPS) is 12.5. The van der Waals surface area contributed by atoms with Gasteiger partial charge in [-0.3, -0.25) is 4.79 Å². The van der Waals surface area contributed by atoms with Crippen LogP contribution >= 0.6 is 0 Å². The van der Waals surface area contributed by atoms with Crippen LogP contribution in [-0.4, -0.2) is 30.1 Å². The number of carbonyl (C=O) groups is 2. The number of aromatic nitrogens is 1. The first-order valence-corrected chi connectivity index (χ1v) is 8.74. The molecule has 0 aliphatic carbocycles. The van der Waals surface area contributed by atoms with Crippen LogP contribution < -0.4 is 9.47 Å². The second-order valence-corrected chi connectivity index (χ2v) is 6.24. The van der Waals surface area contributed by atoms with Gasteiger partial charge in [-0.1, -0.05) is 23.4 Å². The minimum absolute atomic E-state index is 0.0390. The van der Waals surface area contributed by atoms with Gasteiger partial charge in [-0.25, -0.2) is 4.79 Å². The summed E-state index contributed by atoms with van der Waals surface area (Å²) >= 11 is 0. The van der Waals surface area contributed by atoms with Crippen molar-refractivity contribution in [3.05, 3.63) is 76.7 Å². The van der Waals surface area contributed by atoms with Crippen molar-refractivity contribution in [3.63, 3.8) is 0 Å². The summed E-state index contributed by atoms with van der Waals surface area (Å²) < 4.78 is 21.2. The SMILES string of the molecule is Cc1cc(COC(=O)c2ccccc2C(=O)c2ccc3c(c2)OCCO3)no1. The monoisotopic (exact) mass is 379 g/mol. The highest BCUT2D eigenvalue weighted by molar-refractivity contribution is 6.14. The number of benzene rings is 2. The molecule has 0 atom stereocenters. The molecule has 0 amide bonds. The Balaban J connectivity index is 1.56. The van der Waals surface area contributed by atoms with E-state index in [0.29, 0.717) is 41.7 Å². The van der Waals surface area contributed by atoms with Crippen molar-refractivity contribution < 1.29 is 28.3 Å². The first-order valence-electron chi connectivity index (χ1n) is 8.74. The molecule has 0 bridgehead atoms. The number of carbonyl (C=O) groups excluding carboxylic acids is 2. The van der Waals surface area contributed by atoms with Crippen molar-refractivity contribution >= 4 is 11.8 Å². The Bertz CT molecular complexity index is 1040. The van der Waals surface area contributed by atoms with Gasteiger partial charge in [-0.15, -0.1) is 0 Å². The number of rotatable bonds is 5. The highest BCUT2D eigenvalue weighted by Gasteiger charge is 2.21. The molecule has 0 N–H and O–H groups in total. The van der Waals surface area contributed by atoms with Gasteiger partial charge in [0.05, 0.1) is 5.56 Å². The molecule has 7 nitrogen and oxygen atoms in total. The standard InChI is InChI=1S/C21H17NO6/c1-13-10-15(22-28-13)12-27-21(24)17-5-3-2-4-16(17)20(23)14-6-7-18-19(11-14)26-9-8-25-18/h2-7,10-11H,8-9,12H2,1H3. The van der Waals surface area contributed by atoms with Crippen LogP contribution in [0.4, 0.5) is 0 Å². The summed E-state index contributed by atoms with van der Waals surface area (Å²) in [6, 6.07) is 13.2. The van der Waals surface area contributed by atoms with E-state index in [9.17, 15) is 9.59 Å². The zero-order chi connectivity index (χ0) is 19.5. The first-order chi connectivity index (χ1) is 13.6. The van der Waals surface area contributed by atoms with Crippen LogP contribution in [-0.2, 0) is 11.3 Å². The van der Waals surface area contributed by atoms with E-state index in [1.165, 1.54) is 0 Å². The van der Waals surface area contributed by atoms with Gasteiger partial charge >= 0.3 is 5.97 Å². The lowest BCUT2D eigenvalue weighted by atomic mass is 9.98. The lowest BCUT2D eigenvalue weighted by molar-refractivity contribution is 0.0461. The number of hydrogen-bond acceptors (Lipinski definition) is 7. The van der Waals surface area contributed by atoms with Crippen molar-refractivity contribution in [2.24, 2.45) is 0 Å². The molecule has 7 heteroatoms. The summed E-state index contributed by atoms with van der Waals surface area (Å²) in [5.41, 5.74) is 1.33. The van der Waals surface area contributed by atoms with Crippen LogP contribution in [0, 0.1) is 6.92 Å². The Labute approximate surface area is 160 Å². The molecule has 0 saturated carbocycles. The largest absolute Gasteiger partial charge is 0.486 e. The summed E-state index contributed by atoms with van der Waals surface area (Å²) in [6.45, 7) is 2.61. The Morgan fingerprint density at radius 1 is 1.00 bits per heavy atom. The van der Waals surface area contributed by atoms with Gasteiger partial charge in [0, 0.05) is 17.2 Å². The van der Waals surface area contributed by atoms with Crippen LogP contribution in [0.3, 0.4) is 0 Å². The maximum absolute atomic E-state index is 13.0. The highest BCUT2D eigenvalue weighted by Crippen LogP contribution is 2.31.